The highest BCUT2D eigenvalue weighted by molar-refractivity contribution is 7.89. The molecule has 2 N–H and O–H groups in total. The SMILES string of the molecule is CCOC(=O)NC(=O)CNc1cc(S(=O)(=O)N2CCCCC2)ccc1OC(C)C. The third-order valence-electron chi connectivity index (χ3n) is 4.22. The minimum atomic E-state index is -3.63. The van der Waals surface area contributed by atoms with Crippen molar-refractivity contribution in [3.05, 3.63) is 18.2 Å². The second-order valence-corrected chi connectivity index (χ2v) is 8.85. The first-order valence-electron chi connectivity index (χ1n) is 9.75. The summed E-state index contributed by atoms with van der Waals surface area (Å²) in [6.07, 6.45) is 1.72. The largest absolute Gasteiger partial charge is 0.489 e. The van der Waals surface area contributed by atoms with E-state index in [1.807, 2.05) is 13.8 Å². The Labute approximate surface area is 171 Å². The Morgan fingerprint density at radius 1 is 1.17 bits per heavy atom. The monoisotopic (exact) mass is 427 g/mol. The van der Waals surface area contributed by atoms with Gasteiger partial charge in [-0.05, 0) is 51.8 Å². The van der Waals surface area contributed by atoms with E-state index in [0.717, 1.165) is 19.3 Å². The Morgan fingerprint density at radius 2 is 1.86 bits per heavy atom. The topological polar surface area (TPSA) is 114 Å². The first-order valence-corrected chi connectivity index (χ1v) is 11.2. The van der Waals surface area contributed by atoms with Crippen LogP contribution in [0.2, 0.25) is 0 Å². The first-order chi connectivity index (χ1) is 13.7. The second-order valence-electron chi connectivity index (χ2n) is 6.91. The fourth-order valence-corrected chi connectivity index (χ4v) is 4.46. The van der Waals surface area contributed by atoms with Gasteiger partial charge in [0.05, 0.1) is 29.8 Å². The predicted molar refractivity (Wildman–Crippen MR) is 108 cm³/mol. The van der Waals surface area contributed by atoms with Crippen LogP contribution in [0.15, 0.2) is 23.1 Å². The van der Waals surface area contributed by atoms with Crippen molar-refractivity contribution in [2.75, 3.05) is 31.6 Å². The highest BCUT2D eigenvalue weighted by Crippen LogP contribution is 2.30. The van der Waals surface area contributed by atoms with Gasteiger partial charge in [0, 0.05) is 13.1 Å². The molecule has 0 unspecified atom stereocenters. The van der Waals surface area contributed by atoms with Gasteiger partial charge in [-0.25, -0.2) is 13.2 Å². The van der Waals surface area contributed by atoms with Gasteiger partial charge in [-0.1, -0.05) is 6.42 Å². The summed E-state index contributed by atoms with van der Waals surface area (Å²) in [7, 11) is -3.63. The maximum Gasteiger partial charge on any atom is 0.413 e. The Morgan fingerprint density at radius 3 is 2.48 bits per heavy atom. The number of carbonyl (C=O) groups is 2. The normalized spacial score (nSPS) is 15.0. The van der Waals surface area contributed by atoms with Gasteiger partial charge in [0.1, 0.15) is 5.75 Å². The van der Waals surface area contributed by atoms with Gasteiger partial charge >= 0.3 is 6.09 Å². The average molecular weight is 428 g/mol. The van der Waals surface area contributed by atoms with E-state index in [1.165, 1.54) is 16.4 Å². The first kappa shape index (κ1) is 23.0. The molecule has 0 atom stereocenters. The molecular weight excluding hydrogens is 398 g/mol. The number of amides is 2. The zero-order valence-corrected chi connectivity index (χ0v) is 17.9. The number of nitrogens with zero attached hydrogens (tertiary/aromatic N) is 1. The van der Waals surface area contributed by atoms with Crippen molar-refractivity contribution in [2.45, 2.75) is 51.0 Å². The number of alkyl carbamates (subject to hydrolysis) is 1. The Bertz CT molecular complexity index is 819. The van der Waals surface area contributed by atoms with Crippen molar-refractivity contribution in [2.24, 2.45) is 0 Å². The maximum atomic E-state index is 12.9. The number of benzene rings is 1. The van der Waals surface area contributed by atoms with Gasteiger partial charge in [0.25, 0.3) is 0 Å². The van der Waals surface area contributed by atoms with Gasteiger partial charge in [-0.2, -0.15) is 4.31 Å². The maximum absolute atomic E-state index is 12.9. The van der Waals surface area contributed by atoms with E-state index in [9.17, 15) is 18.0 Å². The highest BCUT2D eigenvalue weighted by Gasteiger charge is 2.27. The van der Waals surface area contributed by atoms with Crippen molar-refractivity contribution >= 4 is 27.7 Å². The lowest BCUT2D eigenvalue weighted by Crippen LogP contribution is -2.36. The van der Waals surface area contributed by atoms with E-state index in [4.69, 9.17) is 4.74 Å². The molecule has 0 bridgehead atoms. The molecule has 9 nitrogen and oxygen atoms in total. The fraction of sp³-hybridized carbons (Fsp3) is 0.579. The molecule has 1 aromatic rings. The van der Waals surface area contributed by atoms with Crippen LogP contribution < -0.4 is 15.4 Å². The number of nitrogens with one attached hydrogen (secondary N) is 2. The number of anilines is 1. The summed E-state index contributed by atoms with van der Waals surface area (Å²) >= 11 is 0. The molecule has 1 aromatic carbocycles. The van der Waals surface area contributed by atoms with Gasteiger partial charge in [0.15, 0.2) is 0 Å². The molecule has 1 heterocycles. The summed E-state index contributed by atoms with van der Waals surface area (Å²) in [5.74, 6) is -0.190. The number of piperidine rings is 1. The van der Waals surface area contributed by atoms with Crippen molar-refractivity contribution in [3.63, 3.8) is 0 Å². The molecule has 2 rings (SSSR count). The Balaban J connectivity index is 2.20. The molecule has 1 saturated heterocycles. The van der Waals surface area contributed by atoms with Crippen LogP contribution >= 0.6 is 0 Å². The van der Waals surface area contributed by atoms with E-state index in [1.54, 1.807) is 13.0 Å². The van der Waals surface area contributed by atoms with Gasteiger partial charge in [0.2, 0.25) is 15.9 Å². The number of hydrogen-bond acceptors (Lipinski definition) is 7. The number of carbonyl (C=O) groups excluding carboxylic acids is 2. The van der Waals surface area contributed by atoms with Crippen molar-refractivity contribution in [1.82, 2.24) is 9.62 Å². The van der Waals surface area contributed by atoms with Crippen molar-refractivity contribution in [3.8, 4) is 5.75 Å². The summed E-state index contributed by atoms with van der Waals surface area (Å²) in [5, 5.41) is 4.93. The van der Waals surface area contributed by atoms with E-state index in [2.05, 4.69) is 15.4 Å². The molecule has 0 aromatic heterocycles. The van der Waals surface area contributed by atoms with Crippen molar-refractivity contribution < 1.29 is 27.5 Å². The van der Waals surface area contributed by atoms with E-state index in [-0.39, 0.29) is 24.2 Å². The molecule has 29 heavy (non-hydrogen) atoms. The van der Waals surface area contributed by atoms with E-state index >= 15 is 0 Å². The van der Waals surface area contributed by atoms with Crippen LogP contribution in [0.4, 0.5) is 10.5 Å². The number of imide groups is 1. The summed E-state index contributed by atoms with van der Waals surface area (Å²) in [6, 6.07) is 4.53. The summed E-state index contributed by atoms with van der Waals surface area (Å²) in [5.41, 5.74) is 0.357. The highest BCUT2D eigenvalue weighted by atomic mass is 32.2. The molecule has 162 valence electrons. The molecule has 1 aliphatic heterocycles. The molecule has 2 amide bonds. The molecule has 0 saturated carbocycles. The zero-order valence-electron chi connectivity index (χ0n) is 17.1. The van der Waals surface area contributed by atoms with E-state index in [0.29, 0.717) is 24.5 Å². The Hall–Kier alpha value is -2.33. The molecule has 10 heteroatoms. The molecule has 0 spiro atoms. The second kappa shape index (κ2) is 10.4. The van der Waals surface area contributed by atoms with Crippen LogP contribution in [0.3, 0.4) is 0 Å². The number of sulfonamides is 1. The van der Waals surface area contributed by atoms with Gasteiger partial charge < -0.3 is 14.8 Å². The van der Waals surface area contributed by atoms with Crippen LogP contribution in [0.25, 0.3) is 0 Å². The number of rotatable bonds is 8. The van der Waals surface area contributed by atoms with Crippen LogP contribution in [0.1, 0.15) is 40.0 Å². The minimum absolute atomic E-state index is 0.129. The molecule has 1 fully saturated rings. The molecule has 0 aliphatic carbocycles. The van der Waals surface area contributed by atoms with Crippen LogP contribution in [0.5, 0.6) is 5.75 Å². The summed E-state index contributed by atoms with van der Waals surface area (Å²) in [6.45, 7) is 6.21. The smallest absolute Gasteiger partial charge is 0.413 e. The zero-order chi connectivity index (χ0) is 21.4. The lowest BCUT2D eigenvalue weighted by molar-refractivity contribution is -0.118. The fourth-order valence-electron chi connectivity index (χ4n) is 2.92. The molecule has 0 radical (unpaired) electrons. The lowest BCUT2D eigenvalue weighted by atomic mass is 10.2. The van der Waals surface area contributed by atoms with Crippen LogP contribution in [0, 0.1) is 0 Å². The van der Waals surface area contributed by atoms with Crippen LogP contribution in [-0.2, 0) is 19.6 Å². The van der Waals surface area contributed by atoms with E-state index < -0.39 is 22.0 Å². The standard InChI is InChI=1S/C19H29N3O6S/c1-4-27-19(24)21-18(23)13-20-16-12-15(8-9-17(16)28-14(2)3)29(25,26)22-10-6-5-7-11-22/h8-9,12,14,20H,4-7,10-11,13H2,1-3H3,(H,21,23,24). The summed E-state index contributed by atoms with van der Waals surface area (Å²) < 4.78 is 37.7. The van der Waals surface area contributed by atoms with Crippen molar-refractivity contribution in [1.29, 1.82) is 0 Å². The number of hydrogen-bond donors (Lipinski definition) is 2. The minimum Gasteiger partial charge on any atom is -0.489 e. The lowest BCUT2D eigenvalue weighted by Gasteiger charge is -2.26. The quantitative estimate of drug-likeness (QED) is 0.654. The van der Waals surface area contributed by atoms with Crippen LogP contribution in [-0.4, -0.2) is 57.1 Å². The van der Waals surface area contributed by atoms with Gasteiger partial charge in [-0.15, -0.1) is 0 Å². The van der Waals surface area contributed by atoms with Gasteiger partial charge in [-0.3, -0.25) is 10.1 Å². The third-order valence-corrected chi connectivity index (χ3v) is 6.12. The molecule has 1 aliphatic rings. The Kier molecular flexibility index (Phi) is 8.27. The summed E-state index contributed by atoms with van der Waals surface area (Å²) in [4.78, 5) is 23.4. The average Bonchev–Trinajstić information content (AvgIpc) is 2.67. The predicted octanol–water partition coefficient (Wildman–Crippen LogP) is 2.33. The third kappa shape index (κ3) is 6.60. The number of ether oxygens (including phenoxy) is 2. The molecular formula is C19H29N3O6S.